The van der Waals surface area contributed by atoms with Crippen LogP contribution < -0.4 is 10.0 Å². The highest BCUT2D eigenvalue weighted by Crippen LogP contribution is 2.28. The molecule has 0 aliphatic rings. The van der Waals surface area contributed by atoms with Crippen molar-refractivity contribution >= 4 is 44.7 Å². The van der Waals surface area contributed by atoms with Gasteiger partial charge in [0, 0.05) is 11.8 Å². The van der Waals surface area contributed by atoms with Crippen LogP contribution in [0.15, 0.2) is 50.0 Å². The number of anilines is 1. The van der Waals surface area contributed by atoms with Crippen molar-refractivity contribution in [2.24, 2.45) is 0 Å². The van der Waals surface area contributed by atoms with Gasteiger partial charge in [0.1, 0.15) is 0 Å². The summed E-state index contributed by atoms with van der Waals surface area (Å²) in [6, 6.07) is 8.25. The fourth-order valence-corrected chi connectivity index (χ4v) is 4.40. The summed E-state index contributed by atoms with van der Waals surface area (Å²) < 4.78 is 32.6. The highest BCUT2D eigenvalue weighted by Gasteiger charge is 2.18. The number of sulfonamides is 1. The number of hydrogen-bond acceptors (Lipinski definition) is 8. The Kier molecular flexibility index (Phi) is 5.95. The number of nitrogens with zero attached hydrogens (tertiary/aromatic N) is 2. The summed E-state index contributed by atoms with van der Waals surface area (Å²) in [5.41, 5.74) is 0.440. The van der Waals surface area contributed by atoms with Gasteiger partial charge in [0.15, 0.2) is 0 Å². The standard InChI is InChI=1S/C16H16N4O4S3/c1-10(21)18-12-8-11(5-6-13(12)25-2)27(22,23)17-9-15-19-16(20-24-15)14-4-3-7-26-14/h3-8,17H,9H2,1-2H3,(H,18,21). The maximum Gasteiger partial charge on any atom is 0.242 e. The molecule has 11 heteroatoms. The van der Waals surface area contributed by atoms with E-state index >= 15 is 0 Å². The average molecular weight is 425 g/mol. The zero-order valence-electron chi connectivity index (χ0n) is 14.4. The Hall–Kier alpha value is -2.21. The van der Waals surface area contributed by atoms with E-state index in [0.717, 1.165) is 9.77 Å². The van der Waals surface area contributed by atoms with Gasteiger partial charge < -0.3 is 9.84 Å². The van der Waals surface area contributed by atoms with Crippen molar-refractivity contribution in [1.29, 1.82) is 0 Å². The molecular formula is C16H16N4O4S3. The van der Waals surface area contributed by atoms with Crippen molar-refractivity contribution in [3.8, 4) is 10.7 Å². The highest BCUT2D eigenvalue weighted by atomic mass is 32.2. The van der Waals surface area contributed by atoms with Crippen LogP contribution in [0.4, 0.5) is 5.69 Å². The van der Waals surface area contributed by atoms with Crippen LogP contribution in [0.2, 0.25) is 0 Å². The van der Waals surface area contributed by atoms with E-state index in [4.69, 9.17) is 4.52 Å². The number of rotatable bonds is 7. The van der Waals surface area contributed by atoms with Crippen LogP contribution in [0.3, 0.4) is 0 Å². The second-order valence-electron chi connectivity index (χ2n) is 5.36. The molecule has 2 N–H and O–H groups in total. The number of nitrogens with one attached hydrogen (secondary N) is 2. The molecular weight excluding hydrogens is 408 g/mol. The third kappa shape index (κ3) is 4.75. The fraction of sp³-hybridized carbons (Fsp3) is 0.188. The van der Waals surface area contributed by atoms with Gasteiger partial charge >= 0.3 is 0 Å². The molecule has 0 radical (unpaired) electrons. The summed E-state index contributed by atoms with van der Waals surface area (Å²) in [6.45, 7) is 1.23. The van der Waals surface area contributed by atoms with Crippen molar-refractivity contribution in [3.05, 3.63) is 41.6 Å². The van der Waals surface area contributed by atoms with Crippen LogP contribution in [0.25, 0.3) is 10.7 Å². The van der Waals surface area contributed by atoms with E-state index in [2.05, 4.69) is 20.2 Å². The third-order valence-corrected chi connectivity index (χ3v) is 6.48. The molecule has 0 bridgehead atoms. The topological polar surface area (TPSA) is 114 Å². The van der Waals surface area contributed by atoms with Gasteiger partial charge in [-0.25, -0.2) is 13.1 Å². The fourth-order valence-electron chi connectivity index (χ4n) is 2.21. The predicted octanol–water partition coefficient (Wildman–Crippen LogP) is 2.96. The van der Waals surface area contributed by atoms with Crippen LogP contribution in [0, 0.1) is 0 Å². The van der Waals surface area contributed by atoms with E-state index in [0.29, 0.717) is 11.5 Å². The van der Waals surface area contributed by atoms with Gasteiger partial charge in [0.2, 0.25) is 27.6 Å². The summed E-state index contributed by atoms with van der Waals surface area (Å²) in [7, 11) is -3.82. The molecule has 0 saturated heterocycles. The number of carbonyl (C=O) groups excluding carboxylic acids is 1. The first-order valence-corrected chi connectivity index (χ1v) is 11.3. The number of amides is 1. The lowest BCUT2D eigenvalue weighted by Crippen LogP contribution is -2.23. The summed E-state index contributed by atoms with van der Waals surface area (Å²) in [6.07, 6.45) is 1.84. The Labute approximate surface area is 164 Å². The molecule has 3 rings (SSSR count). The first-order chi connectivity index (χ1) is 12.9. The first-order valence-electron chi connectivity index (χ1n) is 7.71. The number of thioether (sulfide) groups is 1. The largest absolute Gasteiger partial charge is 0.337 e. The van der Waals surface area contributed by atoms with Gasteiger partial charge in [-0.3, -0.25) is 4.79 Å². The minimum atomic E-state index is -3.82. The molecule has 27 heavy (non-hydrogen) atoms. The molecule has 2 aromatic heterocycles. The molecule has 2 heterocycles. The van der Waals surface area contributed by atoms with Gasteiger partial charge in [-0.15, -0.1) is 23.1 Å². The lowest BCUT2D eigenvalue weighted by molar-refractivity contribution is -0.114. The first kappa shape index (κ1) is 19.5. The molecule has 0 aliphatic heterocycles. The van der Waals surface area contributed by atoms with Crippen molar-refractivity contribution < 1.29 is 17.7 Å². The number of hydrogen-bond donors (Lipinski definition) is 2. The molecule has 0 unspecified atom stereocenters. The summed E-state index contributed by atoms with van der Waals surface area (Å²) in [5, 5.41) is 8.37. The molecule has 0 saturated carbocycles. The Morgan fingerprint density at radius 1 is 1.33 bits per heavy atom. The Balaban J connectivity index is 1.76. The summed E-state index contributed by atoms with van der Waals surface area (Å²) >= 11 is 2.87. The smallest absolute Gasteiger partial charge is 0.242 e. The van der Waals surface area contributed by atoms with Crippen molar-refractivity contribution in [3.63, 3.8) is 0 Å². The molecule has 0 fully saturated rings. The lowest BCUT2D eigenvalue weighted by atomic mass is 10.3. The number of carbonyl (C=O) groups is 1. The number of thiophene rings is 1. The average Bonchev–Trinajstić information content (AvgIpc) is 3.31. The van der Waals surface area contributed by atoms with Gasteiger partial charge in [0.25, 0.3) is 0 Å². The highest BCUT2D eigenvalue weighted by molar-refractivity contribution is 7.98. The van der Waals surface area contributed by atoms with E-state index in [-0.39, 0.29) is 23.2 Å². The molecule has 0 spiro atoms. The second kappa shape index (κ2) is 8.21. The minimum Gasteiger partial charge on any atom is -0.337 e. The summed E-state index contributed by atoms with van der Waals surface area (Å²) in [4.78, 5) is 17.1. The maximum absolute atomic E-state index is 12.6. The van der Waals surface area contributed by atoms with Crippen LogP contribution in [0.1, 0.15) is 12.8 Å². The van der Waals surface area contributed by atoms with E-state index in [1.165, 1.54) is 42.2 Å². The Morgan fingerprint density at radius 3 is 2.81 bits per heavy atom. The normalized spacial score (nSPS) is 11.5. The van der Waals surface area contributed by atoms with E-state index in [1.54, 1.807) is 6.07 Å². The van der Waals surface area contributed by atoms with Crippen LogP contribution in [0.5, 0.6) is 0 Å². The Morgan fingerprint density at radius 2 is 2.15 bits per heavy atom. The van der Waals surface area contributed by atoms with Crippen LogP contribution >= 0.6 is 23.1 Å². The van der Waals surface area contributed by atoms with Crippen molar-refractivity contribution in [2.45, 2.75) is 23.3 Å². The van der Waals surface area contributed by atoms with Gasteiger partial charge in [0.05, 0.1) is 22.0 Å². The zero-order valence-corrected chi connectivity index (χ0v) is 16.9. The molecule has 3 aromatic rings. The molecule has 1 aromatic carbocycles. The molecule has 0 atom stereocenters. The molecule has 142 valence electrons. The van der Waals surface area contributed by atoms with Crippen LogP contribution in [-0.4, -0.2) is 30.7 Å². The van der Waals surface area contributed by atoms with E-state index < -0.39 is 10.0 Å². The lowest BCUT2D eigenvalue weighted by Gasteiger charge is -2.11. The Bertz CT molecular complexity index is 1050. The number of aromatic nitrogens is 2. The van der Waals surface area contributed by atoms with E-state index in [9.17, 15) is 13.2 Å². The monoisotopic (exact) mass is 424 g/mol. The molecule has 1 amide bonds. The third-order valence-electron chi connectivity index (χ3n) is 3.42. The molecule has 0 aliphatic carbocycles. The predicted molar refractivity (Wildman–Crippen MR) is 104 cm³/mol. The van der Waals surface area contributed by atoms with E-state index in [1.807, 2.05) is 23.8 Å². The van der Waals surface area contributed by atoms with Crippen molar-refractivity contribution in [2.75, 3.05) is 11.6 Å². The van der Waals surface area contributed by atoms with Crippen LogP contribution in [-0.2, 0) is 21.4 Å². The zero-order chi connectivity index (χ0) is 19.4. The second-order valence-corrected chi connectivity index (χ2v) is 8.92. The van der Waals surface area contributed by atoms with Gasteiger partial charge in [-0.05, 0) is 35.9 Å². The van der Waals surface area contributed by atoms with Gasteiger partial charge in [-0.2, -0.15) is 4.98 Å². The maximum atomic E-state index is 12.6. The SMILES string of the molecule is CSc1ccc(S(=O)(=O)NCc2nc(-c3cccs3)no2)cc1NC(C)=O. The quantitative estimate of drug-likeness (QED) is 0.560. The minimum absolute atomic E-state index is 0.0297. The van der Waals surface area contributed by atoms with Gasteiger partial charge in [-0.1, -0.05) is 11.2 Å². The number of benzene rings is 1. The molecule has 8 nitrogen and oxygen atoms in total. The summed E-state index contributed by atoms with van der Waals surface area (Å²) in [5.74, 6) is 0.293. The van der Waals surface area contributed by atoms with Crippen molar-refractivity contribution in [1.82, 2.24) is 14.9 Å².